The Kier molecular flexibility index (Phi) is 4.20. The third-order valence-electron chi connectivity index (χ3n) is 4.36. The number of rotatable bonds is 5. The van der Waals surface area contributed by atoms with Crippen LogP contribution < -0.4 is 0 Å². The van der Waals surface area contributed by atoms with Crippen molar-refractivity contribution in [3.63, 3.8) is 0 Å². The predicted molar refractivity (Wildman–Crippen MR) is 85.1 cm³/mol. The lowest BCUT2D eigenvalue weighted by Crippen LogP contribution is -2.37. The molecule has 1 fully saturated rings. The van der Waals surface area contributed by atoms with Gasteiger partial charge >= 0.3 is 5.97 Å². The summed E-state index contributed by atoms with van der Waals surface area (Å²) in [6.07, 6.45) is 1.93. The van der Waals surface area contributed by atoms with Gasteiger partial charge in [-0.15, -0.1) is 0 Å². The maximum absolute atomic E-state index is 12.5. The van der Waals surface area contributed by atoms with Crippen LogP contribution >= 0.6 is 0 Å². The summed E-state index contributed by atoms with van der Waals surface area (Å²) in [5.74, 6) is -0.706. The molecule has 2 aromatic rings. The van der Waals surface area contributed by atoms with E-state index in [0.29, 0.717) is 19.4 Å². The molecular weight excluding hydrogens is 278 g/mol. The van der Waals surface area contributed by atoms with Crippen LogP contribution in [-0.4, -0.2) is 40.9 Å². The van der Waals surface area contributed by atoms with Crippen LogP contribution in [0.5, 0.6) is 0 Å². The zero-order chi connectivity index (χ0) is 15.5. The van der Waals surface area contributed by atoms with Gasteiger partial charge in [0.1, 0.15) is 6.04 Å². The van der Waals surface area contributed by atoms with Gasteiger partial charge in [-0.3, -0.25) is 14.5 Å². The Balaban J connectivity index is 1.73. The van der Waals surface area contributed by atoms with Crippen molar-refractivity contribution in [2.45, 2.75) is 25.3 Å². The minimum atomic E-state index is -0.782. The highest BCUT2D eigenvalue weighted by Gasteiger charge is 2.30. The Morgan fingerprint density at radius 1 is 1.14 bits per heavy atom. The topological polar surface area (TPSA) is 57.6 Å². The molecule has 1 unspecified atom stereocenters. The lowest BCUT2D eigenvalue weighted by Gasteiger charge is -2.20. The van der Waals surface area contributed by atoms with Gasteiger partial charge in [0, 0.05) is 18.5 Å². The van der Waals surface area contributed by atoms with E-state index in [9.17, 15) is 14.7 Å². The molecule has 22 heavy (non-hydrogen) atoms. The molecule has 1 aliphatic rings. The molecule has 1 heterocycles. The lowest BCUT2D eigenvalue weighted by atomic mass is 10.00. The summed E-state index contributed by atoms with van der Waals surface area (Å²) in [6, 6.07) is 13.1. The maximum Gasteiger partial charge on any atom is 0.320 e. The number of carboxylic acid groups (broad SMARTS) is 1. The smallest absolute Gasteiger partial charge is 0.320 e. The van der Waals surface area contributed by atoms with Gasteiger partial charge in [0.2, 0.25) is 0 Å². The van der Waals surface area contributed by atoms with Crippen molar-refractivity contribution >= 4 is 22.5 Å². The van der Waals surface area contributed by atoms with Crippen molar-refractivity contribution < 1.29 is 14.7 Å². The molecule has 0 aliphatic carbocycles. The summed E-state index contributed by atoms with van der Waals surface area (Å²) in [4.78, 5) is 25.6. The summed E-state index contributed by atoms with van der Waals surface area (Å²) in [7, 11) is 0. The second kappa shape index (κ2) is 6.28. The second-order valence-corrected chi connectivity index (χ2v) is 5.73. The van der Waals surface area contributed by atoms with E-state index >= 15 is 0 Å². The highest BCUT2D eigenvalue weighted by Crippen LogP contribution is 2.21. The highest BCUT2D eigenvalue weighted by atomic mass is 16.4. The summed E-state index contributed by atoms with van der Waals surface area (Å²) in [6.45, 7) is 1.28. The van der Waals surface area contributed by atoms with E-state index < -0.39 is 12.0 Å². The van der Waals surface area contributed by atoms with E-state index in [0.717, 1.165) is 29.3 Å². The van der Waals surface area contributed by atoms with E-state index in [2.05, 4.69) is 0 Å². The molecule has 3 rings (SSSR count). The molecule has 0 bridgehead atoms. The van der Waals surface area contributed by atoms with E-state index in [1.165, 1.54) is 0 Å². The molecule has 0 spiro atoms. The standard InChI is InChI=1S/C18H19NO3/c20-17(10-12-19-11-4-9-16(19)18(21)22)15-8-3-6-13-5-1-2-7-14(13)15/h1-3,5-8,16H,4,9-12H2,(H,21,22). The molecule has 4 nitrogen and oxygen atoms in total. The first kappa shape index (κ1) is 14.7. The molecule has 0 saturated carbocycles. The van der Waals surface area contributed by atoms with Crippen LogP contribution in [0.2, 0.25) is 0 Å². The number of hydrogen-bond donors (Lipinski definition) is 1. The van der Waals surface area contributed by atoms with E-state index in [1.807, 2.05) is 47.4 Å². The zero-order valence-corrected chi connectivity index (χ0v) is 12.4. The molecule has 1 N–H and O–H groups in total. The first-order valence-electron chi connectivity index (χ1n) is 7.64. The summed E-state index contributed by atoms with van der Waals surface area (Å²) in [5.41, 5.74) is 0.726. The molecule has 1 aliphatic heterocycles. The number of ketones is 1. The normalized spacial score (nSPS) is 18.6. The monoisotopic (exact) mass is 297 g/mol. The van der Waals surface area contributed by atoms with Crippen LogP contribution in [0.15, 0.2) is 42.5 Å². The van der Waals surface area contributed by atoms with Gasteiger partial charge in [0.25, 0.3) is 0 Å². The average molecular weight is 297 g/mol. The Morgan fingerprint density at radius 3 is 2.73 bits per heavy atom. The van der Waals surface area contributed by atoms with Crippen LogP contribution in [0.4, 0.5) is 0 Å². The van der Waals surface area contributed by atoms with Gasteiger partial charge in [0.05, 0.1) is 0 Å². The van der Waals surface area contributed by atoms with E-state index in [1.54, 1.807) is 0 Å². The predicted octanol–water partition coefficient (Wildman–Crippen LogP) is 2.96. The molecular formula is C18H19NO3. The second-order valence-electron chi connectivity index (χ2n) is 5.73. The molecule has 0 radical (unpaired) electrons. The number of benzene rings is 2. The van der Waals surface area contributed by atoms with Crippen molar-refractivity contribution in [1.82, 2.24) is 4.90 Å². The maximum atomic E-state index is 12.5. The highest BCUT2D eigenvalue weighted by molar-refractivity contribution is 6.08. The Labute approximate surface area is 129 Å². The van der Waals surface area contributed by atoms with Crippen LogP contribution in [-0.2, 0) is 4.79 Å². The van der Waals surface area contributed by atoms with Crippen molar-refractivity contribution in [2.75, 3.05) is 13.1 Å². The minimum absolute atomic E-state index is 0.0767. The average Bonchev–Trinajstić information content (AvgIpc) is 3.01. The number of aliphatic carboxylic acids is 1. The first-order valence-corrected chi connectivity index (χ1v) is 7.64. The number of nitrogens with zero attached hydrogens (tertiary/aromatic N) is 1. The largest absolute Gasteiger partial charge is 0.480 e. The molecule has 4 heteroatoms. The number of carbonyl (C=O) groups is 2. The number of Topliss-reactive ketones (excluding diaryl/α,β-unsaturated/α-hetero) is 1. The van der Waals surface area contributed by atoms with Crippen molar-refractivity contribution in [3.05, 3.63) is 48.0 Å². The summed E-state index contributed by atoms with van der Waals surface area (Å²) >= 11 is 0. The van der Waals surface area contributed by atoms with Gasteiger partial charge in [-0.25, -0.2) is 0 Å². The molecule has 2 aromatic carbocycles. The molecule has 0 amide bonds. The van der Waals surface area contributed by atoms with Gasteiger partial charge in [-0.1, -0.05) is 42.5 Å². The Morgan fingerprint density at radius 2 is 1.91 bits per heavy atom. The number of fused-ring (bicyclic) bond motifs is 1. The van der Waals surface area contributed by atoms with E-state index in [4.69, 9.17) is 0 Å². The Hall–Kier alpha value is -2.20. The SMILES string of the molecule is O=C(CCN1CCCC1C(=O)O)c1cccc2ccccc12. The minimum Gasteiger partial charge on any atom is -0.480 e. The van der Waals surface area contributed by atoms with Gasteiger partial charge in [-0.05, 0) is 30.2 Å². The van der Waals surface area contributed by atoms with Crippen LogP contribution in [0, 0.1) is 0 Å². The van der Waals surface area contributed by atoms with Gasteiger partial charge in [-0.2, -0.15) is 0 Å². The van der Waals surface area contributed by atoms with Gasteiger partial charge in [0.15, 0.2) is 5.78 Å². The van der Waals surface area contributed by atoms with Crippen molar-refractivity contribution in [1.29, 1.82) is 0 Å². The van der Waals surface area contributed by atoms with Crippen LogP contribution in [0.1, 0.15) is 29.6 Å². The third kappa shape index (κ3) is 2.88. The fraction of sp³-hybridized carbons (Fsp3) is 0.333. The quantitative estimate of drug-likeness (QED) is 0.862. The summed E-state index contributed by atoms with van der Waals surface area (Å²) in [5, 5.41) is 11.2. The number of hydrogen-bond acceptors (Lipinski definition) is 3. The number of carbonyl (C=O) groups excluding carboxylic acids is 1. The molecule has 1 atom stereocenters. The fourth-order valence-corrected chi connectivity index (χ4v) is 3.22. The zero-order valence-electron chi connectivity index (χ0n) is 12.4. The number of likely N-dealkylation sites (tertiary alicyclic amines) is 1. The fourth-order valence-electron chi connectivity index (χ4n) is 3.22. The lowest BCUT2D eigenvalue weighted by molar-refractivity contribution is -0.142. The van der Waals surface area contributed by atoms with Crippen LogP contribution in [0.25, 0.3) is 10.8 Å². The first-order chi connectivity index (χ1) is 10.7. The molecule has 1 saturated heterocycles. The van der Waals surface area contributed by atoms with E-state index in [-0.39, 0.29) is 5.78 Å². The molecule has 114 valence electrons. The molecule has 0 aromatic heterocycles. The summed E-state index contributed by atoms with van der Waals surface area (Å²) < 4.78 is 0. The Bertz CT molecular complexity index is 705. The third-order valence-corrected chi connectivity index (χ3v) is 4.36. The van der Waals surface area contributed by atoms with Crippen molar-refractivity contribution in [3.8, 4) is 0 Å². The van der Waals surface area contributed by atoms with Crippen molar-refractivity contribution in [2.24, 2.45) is 0 Å². The van der Waals surface area contributed by atoms with Crippen LogP contribution in [0.3, 0.4) is 0 Å². The number of carboxylic acids is 1. The van der Waals surface area contributed by atoms with Gasteiger partial charge < -0.3 is 5.11 Å².